The Bertz CT molecular complexity index is 1350. The summed E-state index contributed by atoms with van der Waals surface area (Å²) in [6, 6.07) is 0. The number of hydrogen-bond acceptors (Lipinski definition) is 16. The minimum atomic E-state index is -2.15. The van der Waals surface area contributed by atoms with Crippen LogP contribution >= 0.6 is 0 Å². The Labute approximate surface area is 352 Å². The van der Waals surface area contributed by atoms with Crippen LogP contribution in [0.2, 0.25) is 18.1 Å². The Kier molecular flexibility index (Phi) is 19.7. The molecule has 0 aromatic heterocycles. The van der Waals surface area contributed by atoms with Gasteiger partial charge in [0.2, 0.25) is 6.29 Å². The molecule has 0 unspecified atom stereocenters. The van der Waals surface area contributed by atoms with Gasteiger partial charge >= 0.3 is 23.9 Å². The largest absolute Gasteiger partial charge is 0.463 e. The molecule has 9 atom stereocenters. The van der Waals surface area contributed by atoms with E-state index in [-0.39, 0.29) is 50.5 Å². The quantitative estimate of drug-likeness (QED) is 0.0256. The first-order valence-corrected chi connectivity index (χ1v) is 24.5. The van der Waals surface area contributed by atoms with Gasteiger partial charge in [0, 0.05) is 25.7 Å². The van der Waals surface area contributed by atoms with Gasteiger partial charge in [-0.3, -0.25) is 19.2 Å². The summed E-state index contributed by atoms with van der Waals surface area (Å²) in [5, 5.41) is -0.0237. The van der Waals surface area contributed by atoms with Gasteiger partial charge in [0.25, 0.3) is 0 Å². The molecule has 0 aromatic carbocycles. The van der Waals surface area contributed by atoms with Crippen LogP contribution in [0, 0.1) is 0 Å². The van der Waals surface area contributed by atoms with Crippen molar-refractivity contribution in [2.24, 2.45) is 0 Å². The van der Waals surface area contributed by atoms with Gasteiger partial charge in [0.1, 0.15) is 43.7 Å². The van der Waals surface area contributed by atoms with Crippen LogP contribution in [0.5, 0.6) is 0 Å². The molecule has 0 aliphatic carbocycles. The van der Waals surface area contributed by atoms with Crippen LogP contribution in [0.3, 0.4) is 0 Å². The summed E-state index contributed by atoms with van der Waals surface area (Å²) in [6.45, 7) is 25.0. The lowest BCUT2D eigenvalue weighted by Gasteiger charge is -2.43. The molecule has 0 amide bonds. The lowest BCUT2D eigenvalue weighted by molar-refractivity contribution is -0.429. The van der Waals surface area contributed by atoms with Crippen molar-refractivity contribution in [1.82, 2.24) is 0 Å². The van der Waals surface area contributed by atoms with E-state index in [0.717, 1.165) is 25.7 Å². The van der Waals surface area contributed by atoms with Crippen LogP contribution in [-0.2, 0) is 76.0 Å². The zero-order chi connectivity index (χ0) is 44.2. The van der Waals surface area contributed by atoms with Crippen molar-refractivity contribution in [3.63, 3.8) is 0 Å². The van der Waals surface area contributed by atoms with E-state index in [9.17, 15) is 19.2 Å². The Morgan fingerprint density at radius 1 is 0.593 bits per heavy atom. The normalized spacial score (nSPS) is 29.2. The number of hydrogen-bond donors (Lipinski definition) is 0. The molecule has 17 heteroatoms. The molecular weight excluding hydrogens is 789 g/mol. The molecule has 0 aromatic rings. The monoisotopic (exact) mass is 862 g/mol. The second kappa shape index (κ2) is 22.7. The second-order valence-corrected chi connectivity index (χ2v) is 22.7. The molecule has 3 rings (SSSR count). The Morgan fingerprint density at radius 3 is 1.59 bits per heavy atom. The molecule has 3 aliphatic heterocycles. The number of unbranched alkanes of at least 4 members (excludes halogenated alkanes) is 4. The fraction of sp³-hybridized carbons (Fsp3) is 0.905. The topological polar surface area (TPSA) is 179 Å². The van der Waals surface area contributed by atoms with Gasteiger partial charge in [-0.05, 0) is 58.7 Å². The van der Waals surface area contributed by atoms with Crippen molar-refractivity contribution in [2.45, 2.75) is 225 Å². The Hall–Kier alpha value is -2.22. The first kappa shape index (κ1) is 51.1. The summed E-state index contributed by atoms with van der Waals surface area (Å²) in [6.07, 6.45) is -4.69. The maximum Gasteiger partial charge on any atom is 0.306 e. The molecule has 3 saturated heterocycles. The van der Waals surface area contributed by atoms with E-state index in [2.05, 4.69) is 33.9 Å². The van der Waals surface area contributed by atoms with E-state index in [4.69, 9.17) is 56.8 Å². The number of carbonyl (C=O) groups excluding carboxylic acids is 4. The van der Waals surface area contributed by atoms with Crippen molar-refractivity contribution in [2.75, 3.05) is 19.8 Å². The number of esters is 4. The van der Waals surface area contributed by atoms with Crippen LogP contribution in [-0.4, -0.2) is 119 Å². The summed E-state index contributed by atoms with van der Waals surface area (Å²) < 4.78 is 61.4. The van der Waals surface area contributed by atoms with Gasteiger partial charge in [-0.1, -0.05) is 74.1 Å². The first-order valence-electron chi connectivity index (χ1n) is 21.6. The molecule has 16 nitrogen and oxygen atoms in total. The van der Waals surface area contributed by atoms with E-state index in [0.29, 0.717) is 12.8 Å². The third-order valence-electron chi connectivity index (χ3n) is 10.9. The Balaban J connectivity index is 1.90. The highest BCUT2D eigenvalue weighted by molar-refractivity contribution is 6.74. The maximum absolute atomic E-state index is 13.2. The predicted molar refractivity (Wildman–Crippen MR) is 216 cm³/mol. The minimum Gasteiger partial charge on any atom is -0.463 e. The smallest absolute Gasteiger partial charge is 0.306 e. The summed E-state index contributed by atoms with van der Waals surface area (Å²) in [7, 11) is -2.15. The van der Waals surface area contributed by atoms with Crippen LogP contribution in [0.15, 0.2) is 0 Å². The lowest BCUT2D eigenvalue weighted by Crippen LogP contribution is -2.63. The molecule has 342 valence electrons. The van der Waals surface area contributed by atoms with Crippen LogP contribution in [0.4, 0.5) is 0 Å². The summed E-state index contributed by atoms with van der Waals surface area (Å²) >= 11 is 0. The zero-order valence-electron chi connectivity index (χ0n) is 37.9. The number of ether oxygens (including phenoxy) is 9. The third kappa shape index (κ3) is 15.6. The van der Waals surface area contributed by atoms with Gasteiger partial charge in [-0.25, -0.2) is 9.78 Å². The van der Waals surface area contributed by atoms with Gasteiger partial charge in [-0.2, -0.15) is 0 Å². The molecule has 3 aliphatic rings. The van der Waals surface area contributed by atoms with Crippen molar-refractivity contribution in [3.8, 4) is 0 Å². The second-order valence-electron chi connectivity index (χ2n) is 17.9. The highest BCUT2D eigenvalue weighted by Crippen LogP contribution is 2.41. The molecule has 59 heavy (non-hydrogen) atoms. The van der Waals surface area contributed by atoms with Crippen LogP contribution < -0.4 is 0 Å². The average molecular weight is 863 g/mol. The van der Waals surface area contributed by atoms with Crippen molar-refractivity contribution >= 4 is 32.2 Å². The van der Waals surface area contributed by atoms with Gasteiger partial charge in [-0.15, -0.1) is 0 Å². The van der Waals surface area contributed by atoms with E-state index >= 15 is 0 Å². The molecule has 0 spiro atoms. The van der Waals surface area contributed by atoms with Crippen molar-refractivity contribution < 1.29 is 76.0 Å². The molecule has 0 N–H and O–H groups in total. The van der Waals surface area contributed by atoms with E-state index in [1.54, 1.807) is 27.7 Å². The number of carbonyl (C=O) groups is 4. The van der Waals surface area contributed by atoms with Gasteiger partial charge in [0.05, 0.1) is 6.61 Å². The molecule has 0 radical (unpaired) electrons. The zero-order valence-corrected chi connectivity index (χ0v) is 38.9. The maximum atomic E-state index is 13.2. The van der Waals surface area contributed by atoms with Crippen molar-refractivity contribution in [1.29, 1.82) is 0 Å². The predicted octanol–water partition coefficient (Wildman–Crippen LogP) is 6.98. The van der Waals surface area contributed by atoms with E-state index in [1.165, 1.54) is 0 Å². The summed E-state index contributed by atoms with van der Waals surface area (Å²) in [4.78, 5) is 63.5. The summed E-state index contributed by atoms with van der Waals surface area (Å²) in [5.41, 5.74) is 0. The molecule has 0 saturated carbocycles. The molecule has 0 bridgehead atoms. The summed E-state index contributed by atoms with van der Waals surface area (Å²) in [5.74, 6) is -4.37. The van der Waals surface area contributed by atoms with E-state index < -0.39 is 98.9 Å². The fourth-order valence-corrected chi connectivity index (χ4v) is 7.69. The highest BCUT2D eigenvalue weighted by Gasteiger charge is 2.56. The third-order valence-corrected chi connectivity index (χ3v) is 15.4. The fourth-order valence-electron chi connectivity index (χ4n) is 6.68. The molecular formula is C42H74O16Si. The molecule has 3 fully saturated rings. The van der Waals surface area contributed by atoms with Crippen LogP contribution in [0.1, 0.15) is 140 Å². The van der Waals surface area contributed by atoms with Crippen LogP contribution in [0.25, 0.3) is 0 Å². The minimum absolute atomic E-state index is 0.0237. The van der Waals surface area contributed by atoms with E-state index in [1.807, 2.05) is 27.7 Å². The molecule has 3 heterocycles. The first-order chi connectivity index (χ1) is 27.6. The number of rotatable bonds is 23. The SMILES string of the molecule is CCCCCC(=O)OC[C@H]1O[C@@H](OOC[C@H]2OC(C)(C)O[C@H]2[C@@H]2OC(C)(C)O[C@@H]2CO[Si](C)(C)C(C)(C)C)[C@@H](OC(=O)CC)[C@@H](OC(=O)CC)[C@@H]1OC(=O)CCCCC. The van der Waals surface area contributed by atoms with Gasteiger partial charge < -0.3 is 47.1 Å². The standard InChI is InChI=1S/C42H74O16Si/c1-14-18-20-22-32(45)47-24-27-34(53-33(46)23-21-19-15-2)37(51-30(43)16-3)38(52-31(44)17-4)39(50-27)58-48-25-28-35(56-41(8,9)54-28)36-29(55-42(10,11)57-36)26-49-59(12,13)40(5,6)7/h27-29,34-39H,14-26H2,1-13H3/t27-,28-,29-,34-,35-,36-,37+,38+,39+/m1/s1. The van der Waals surface area contributed by atoms with Crippen molar-refractivity contribution in [3.05, 3.63) is 0 Å². The average Bonchev–Trinajstić information content (AvgIpc) is 3.64. The lowest BCUT2D eigenvalue weighted by atomic mass is 9.98. The van der Waals surface area contributed by atoms with Gasteiger partial charge in [0.15, 0.2) is 38.2 Å². The highest BCUT2D eigenvalue weighted by atomic mass is 28.4. The Morgan fingerprint density at radius 2 is 1.08 bits per heavy atom.